The van der Waals surface area contributed by atoms with Crippen molar-refractivity contribution in [1.29, 1.82) is 0 Å². The van der Waals surface area contributed by atoms with Crippen LogP contribution in [0.2, 0.25) is 0 Å². The zero-order valence-electron chi connectivity index (χ0n) is 9.56. The highest BCUT2D eigenvalue weighted by Gasteiger charge is 2.25. The molecule has 0 spiro atoms. The minimum absolute atomic E-state index is 0.118. The molecule has 1 aromatic rings. The molecule has 1 saturated heterocycles. The Morgan fingerprint density at radius 1 is 1.38 bits per heavy atom. The van der Waals surface area contributed by atoms with E-state index in [-0.39, 0.29) is 11.9 Å². The highest BCUT2D eigenvalue weighted by atomic mass is 16.5. The number of nitrogens with one attached hydrogen (secondary N) is 1. The van der Waals surface area contributed by atoms with Crippen molar-refractivity contribution < 1.29 is 9.53 Å². The van der Waals surface area contributed by atoms with Gasteiger partial charge in [-0.2, -0.15) is 0 Å². The Morgan fingerprint density at radius 2 is 2.06 bits per heavy atom. The number of likely N-dealkylation sites (N-methyl/N-ethyl adjacent to an activating group) is 1. The SMILES string of the molecule is COc1ccc([C@H]2CNCC(=O)N2C)cc1. The van der Waals surface area contributed by atoms with E-state index >= 15 is 0 Å². The second kappa shape index (κ2) is 4.53. The van der Waals surface area contributed by atoms with Gasteiger partial charge >= 0.3 is 0 Å². The van der Waals surface area contributed by atoms with E-state index in [0.29, 0.717) is 6.54 Å². The Morgan fingerprint density at radius 3 is 2.69 bits per heavy atom. The van der Waals surface area contributed by atoms with E-state index in [1.54, 1.807) is 12.0 Å². The van der Waals surface area contributed by atoms with E-state index in [9.17, 15) is 4.79 Å². The summed E-state index contributed by atoms with van der Waals surface area (Å²) >= 11 is 0. The van der Waals surface area contributed by atoms with Crippen LogP contribution in [-0.4, -0.2) is 38.1 Å². The summed E-state index contributed by atoms with van der Waals surface area (Å²) in [6.45, 7) is 1.23. The van der Waals surface area contributed by atoms with Crippen LogP contribution in [0, 0.1) is 0 Å². The summed E-state index contributed by atoms with van der Waals surface area (Å²) in [7, 11) is 3.49. The smallest absolute Gasteiger partial charge is 0.236 e. The third kappa shape index (κ3) is 2.02. The van der Waals surface area contributed by atoms with Gasteiger partial charge < -0.3 is 15.0 Å². The largest absolute Gasteiger partial charge is 0.497 e. The molecule has 1 N–H and O–H groups in total. The predicted molar refractivity (Wildman–Crippen MR) is 61.4 cm³/mol. The normalized spacial score (nSPS) is 21.0. The van der Waals surface area contributed by atoms with Gasteiger partial charge in [-0.25, -0.2) is 0 Å². The van der Waals surface area contributed by atoms with Crippen LogP contribution in [0.5, 0.6) is 5.75 Å². The summed E-state index contributed by atoms with van der Waals surface area (Å²) in [6, 6.07) is 7.96. The van der Waals surface area contributed by atoms with Gasteiger partial charge in [0.2, 0.25) is 5.91 Å². The summed E-state index contributed by atoms with van der Waals surface area (Å²) in [5.74, 6) is 0.966. The summed E-state index contributed by atoms with van der Waals surface area (Å²) in [5.41, 5.74) is 1.13. The van der Waals surface area contributed by atoms with E-state index in [0.717, 1.165) is 17.9 Å². The van der Waals surface area contributed by atoms with Crippen LogP contribution in [0.15, 0.2) is 24.3 Å². The zero-order chi connectivity index (χ0) is 11.5. The Labute approximate surface area is 95.2 Å². The standard InChI is InChI=1S/C12H16N2O2/c1-14-11(7-13-8-12(14)15)9-3-5-10(16-2)6-4-9/h3-6,11,13H,7-8H2,1-2H3/t11-/m1/s1. The van der Waals surface area contributed by atoms with Crippen molar-refractivity contribution in [2.24, 2.45) is 0 Å². The molecule has 0 aliphatic carbocycles. The van der Waals surface area contributed by atoms with Crippen molar-refractivity contribution >= 4 is 5.91 Å². The molecule has 0 radical (unpaired) electrons. The van der Waals surface area contributed by atoms with Crippen LogP contribution >= 0.6 is 0 Å². The van der Waals surface area contributed by atoms with Gasteiger partial charge in [0.05, 0.1) is 19.7 Å². The number of benzene rings is 1. The number of hydrogen-bond donors (Lipinski definition) is 1. The molecular formula is C12H16N2O2. The zero-order valence-corrected chi connectivity index (χ0v) is 9.56. The predicted octanol–water partition coefficient (Wildman–Crippen LogP) is 0.798. The maximum absolute atomic E-state index is 11.5. The molecule has 2 rings (SSSR count). The average Bonchev–Trinajstić information content (AvgIpc) is 2.33. The molecule has 1 fully saturated rings. The number of amides is 1. The average molecular weight is 220 g/mol. The highest BCUT2D eigenvalue weighted by molar-refractivity contribution is 5.79. The summed E-state index contributed by atoms with van der Waals surface area (Å²) in [5, 5.41) is 3.12. The van der Waals surface area contributed by atoms with Crippen molar-refractivity contribution in [2.75, 3.05) is 27.2 Å². The molecule has 1 aromatic carbocycles. The van der Waals surface area contributed by atoms with Gasteiger partial charge in [0.25, 0.3) is 0 Å². The van der Waals surface area contributed by atoms with Crippen LogP contribution in [0.3, 0.4) is 0 Å². The van der Waals surface area contributed by atoms with Crippen LogP contribution in [0.4, 0.5) is 0 Å². The fourth-order valence-electron chi connectivity index (χ4n) is 1.92. The van der Waals surface area contributed by atoms with E-state index < -0.39 is 0 Å². The quantitative estimate of drug-likeness (QED) is 0.801. The molecule has 86 valence electrons. The molecule has 0 saturated carbocycles. The molecule has 1 atom stereocenters. The van der Waals surface area contributed by atoms with Gasteiger partial charge in [0.15, 0.2) is 0 Å². The molecule has 1 aliphatic heterocycles. The maximum Gasteiger partial charge on any atom is 0.236 e. The molecule has 1 aliphatic rings. The molecule has 1 amide bonds. The third-order valence-electron chi connectivity index (χ3n) is 2.98. The lowest BCUT2D eigenvalue weighted by Gasteiger charge is -2.33. The third-order valence-corrected chi connectivity index (χ3v) is 2.98. The number of piperazine rings is 1. The Balaban J connectivity index is 2.19. The minimum Gasteiger partial charge on any atom is -0.497 e. The van der Waals surface area contributed by atoms with Gasteiger partial charge in [-0.05, 0) is 17.7 Å². The van der Waals surface area contributed by atoms with E-state index in [1.807, 2.05) is 31.3 Å². The Hall–Kier alpha value is -1.55. The first kappa shape index (κ1) is 11.0. The number of nitrogens with zero attached hydrogens (tertiary/aromatic N) is 1. The number of carbonyl (C=O) groups is 1. The Bertz CT molecular complexity index is 375. The molecular weight excluding hydrogens is 204 g/mol. The lowest BCUT2D eigenvalue weighted by molar-refractivity contribution is -0.133. The monoisotopic (exact) mass is 220 g/mol. The molecule has 0 bridgehead atoms. The molecule has 16 heavy (non-hydrogen) atoms. The molecule has 1 heterocycles. The molecule has 4 heteroatoms. The topological polar surface area (TPSA) is 41.6 Å². The van der Waals surface area contributed by atoms with Gasteiger partial charge in [0.1, 0.15) is 5.75 Å². The van der Waals surface area contributed by atoms with Gasteiger partial charge in [-0.1, -0.05) is 12.1 Å². The van der Waals surface area contributed by atoms with E-state index in [1.165, 1.54) is 0 Å². The fourth-order valence-corrected chi connectivity index (χ4v) is 1.92. The fraction of sp³-hybridized carbons (Fsp3) is 0.417. The second-order valence-corrected chi connectivity index (χ2v) is 3.92. The van der Waals surface area contributed by atoms with Gasteiger partial charge in [0, 0.05) is 13.6 Å². The second-order valence-electron chi connectivity index (χ2n) is 3.92. The lowest BCUT2D eigenvalue weighted by atomic mass is 10.0. The number of methoxy groups -OCH3 is 1. The van der Waals surface area contributed by atoms with E-state index in [4.69, 9.17) is 4.74 Å². The van der Waals surface area contributed by atoms with Crippen molar-refractivity contribution in [2.45, 2.75) is 6.04 Å². The number of rotatable bonds is 2. The first-order valence-electron chi connectivity index (χ1n) is 5.32. The molecule has 0 unspecified atom stereocenters. The van der Waals surface area contributed by atoms with E-state index in [2.05, 4.69) is 5.32 Å². The van der Waals surface area contributed by atoms with Gasteiger partial charge in [-0.15, -0.1) is 0 Å². The van der Waals surface area contributed by atoms with Gasteiger partial charge in [-0.3, -0.25) is 4.79 Å². The Kier molecular flexibility index (Phi) is 3.10. The number of ether oxygens (including phenoxy) is 1. The van der Waals surface area contributed by atoms with Crippen LogP contribution < -0.4 is 10.1 Å². The first-order valence-corrected chi connectivity index (χ1v) is 5.32. The molecule has 0 aromatic heterocycles. The van der Waals surface area contributed by atoms with Crippen LogP contribution in [-0.2, 0) is 4.79 Å². The van der Waals surface area contributed by atoms with Crippen molar-refractivity contribution in [3.8, 4) is 5.75 Å². The van der Waals surface area contributed by atoms with Crippen LogP contribution in [0.25, 0.3) is 0 Å². The van der Waals surface area contributed by atoms with Crippen LogP contribution in [0.1, 0.15) is 11.6 Å². The summed E-state index contributed by atoms with van der Waals surface area (Å²) in [4.78, 5) is 13.3. The summed E-state index contributed by atoms with van der Waals surface area (Å²) < 4.78 is 5.11. The maximum atomic E-state index is 11.5. The number of carbonyl (C=O) groups excluding carboxylic acids is 1. The van der Waals surface area contributed by atoms with Crippen molar-refractivity contribution in [1.82, 2.24) is 10.2 Å². The molecule has 4 nitrogen and oxygen atoms in total. The summed E-state index contributed by atoms with van der Waals surface area (Å²) in [6.07, 6.45) is 0. The lowest BCUT2D eigenvalue weighted by Crippen LogP contribution is -2.47. The highest BCUT2D eigenvalue weighted by Crippen LogP contribution is 2.23. The van der Waals surface area contributed by atoms with Crippen molar-refractivity contribution in [3.63, 3.8) is 0 Å². The first-order chi connectivity index (χ1) is 7.72. The minimum atomic E-state index is 0.118. The number of hydrogen-bond acceptors (Lipinski definition) is 3. The van der Waals surface area contributed by atoms with Crippen molar-refractivity contribution in [3.05, 3.63) is 29.8 Å².